The Morgan fingerprint density at radius 2 is 1.37 bits per heavy atom. The van der Waals surface area contributed by atoms with E-state index in [1.54, 1.807) is 0 Å². The van der Waals surface area contributed by atoms with E-state index in [0.29, 0.717) is 0 Å². The van der Waals surface area contributed by atoms with Gasteiger partial charge in [0.25, 0.3) is 0 Å². The summed E-state index contributed by atoms with van der Waals surface area (Å²) in [6.45, 7) is -1.55. The topological polar surface area (TPSA) is 270 Å². The van der Waals surface area contributed by atoms with Crippen molar-refractivity contribution in [2.24, 2.45) is 0 Å². The molecule has 1 aromatic rings. The van der Waals surface area contributed by atoms with Gasteiger partial charge in [-0.05, 0) is 0 Å². The highest BCUT2D eigenvalue weighted by molar-refractivity contribution is 5.71. The highest BCUT2D eigenvalue weighted by Gasteiger charge is 2.52. The molecular formula is C29H37O17+. The van der Waals surface area contributed by atoms with E-state index in [2.05, 4.69) is 4.74 Å². The van der Waals surface area contributed by atoms with Crippen molar-refractivity contribution in [3.05, 3.63) is 58.8 Å². The van der Waals surface area contributed by atoms with Gasteiger partial charge in [0.05, 0.1) is 44.6 Å². The van der Waals surface area contributed by atoms with Crippen molar-refractivity contribution in [1.29, 1.82) is 0 Å². The predicted molar refractivity (Wildman–Crippen MR) is 151 cm³/mol. The van der Waals surface area contributed by atoms with Crippen LogP contribution in [0.15, 0.2) is 53.2 Å². The molecule has 0 saturated carbocycles. The normalized spacial score (nSPS) is 36.1. The largest absolute Gasteiger partial charge is 0.571 e. The van der Waals surface area contributed by atoms with Gasteiger partial charge in [0, 0.05) is 24.3 Å². The van der Waals surface area contributed by atoms with Crippen LogP contribution in [0, 0.1) is 0 Å². The van der Waals surface area contributed by atoms with Gasteiger partial charge in [0.2, 0.25) is 23.9 Å². The van der Waals surface area contributed by atoms with Crippen molar-refractivity contribution in [2.75, 3.05) is 27.4 Å². The Labute approximate surface area is 261 Å². The second kappa shape index (κ2) is 13.6. The predicted octanol–water partition coefficient (Wildman–Crippen LogP) is -2.55. The van der Waals surface area contributed by atoms with Crippen molar-refractivity contribution < 1.29 is 84.2 Å². The van der Waals surface area contributed by atoms with E-state index >= 15 is 0 Å². The van der Waals surface area contributed by atoms with Gasteiger partial charge < -0.3 is 84.2 Å². The molecule has 0 aromatic heterocycles. The fraction of sp³-hybridized carbons (Fsp3) is 0.517. The van der Waals surface area contributed by atoms with E-state index in [1.807, 2.05) is 0 Å². The van der Waals surface area contributed by atoms with E-state index in [1.165, 1.54) is 38.5 Å². The van der Waals surface area contributed by atoms with Crippen molar-refractivity contribution in [3.63, 3.8) is 0 Å². The Morgan fingerprint density at radius 1 is 0.761 bits per heavy atom. The van der Waals surface area contributed by atoms with Crippen LogP contribution in [0.4, 0.5) is 0 Å². The summed E-state index contributed by atoms with van der Waals surface area (Å²) < 4.78 is 37.8. The summed E-state index contributed by atoms with van der Waals surface area (Å²) in [6, 6.07) is 2.81. The van der Waals surface area contributed by atoms with Crippen LogP contribution in [-0.4, -0.2) is 151 Å². The van der Waals surface area contributed by atoms with Gasteiger partial charge in [-0.1, -0.05) is 0 Å². The van der Waals surface area contributed by atoms with Gasteiger partial charge in [-0.2, -0.15) is 0 Å². The minimum atomic E-state index is -1.88. The highest BCUT2D eigenvalue weighted by atomic mass is 16.7. The third-order valence-corrected chi connectivity index (χ3v) is 7.97. The Morgan fingerprint density at radius 3 is 1.98 bits per heavy atom. The lowest BCUT2D eigenvalue weighted by Crippen LogP contribution is -2.64. The average molecular weight is 658 g/mol. The number of allylic oxidation sites excluding steroid dienone is 2. The first-order valence-corrected chi connectivity index (χ1v) is 14.1. The number of rotatable bonds is 9. The zero-order valence-electron chi connectivity index (χ0n) is 24.5. The quantitative estimate of drug-likeness (QED) is 0.122. The molecule has 46 heavy (non-hydrogen) atoms. The molecule has 11 unspecified atom stereocenters. The number of methoxy groups -OCH3 is 2. The van der Waals surface area contributed by atoms with Crippen LogP contribution in [-0.2, 0) is 18.9 Å². The molecule has 5 rings (SSSR count). The van der Waals surface area contributed by atoms with Gasteiger partial charge >= 0.3 is 5.76 Å². The monoisotopic (exact) mass is 657 g/mol. The number of benzene rings is 1. The highest BCUT2D eigenvalue weighted by Crippen LogP contribution is 2.43. The molecular weight excluding hydrogens is 620 g/mol. The third-order valence-electron chi connectivity index (χ3n) is 7.97. The minimum Gasteiger partial charge on any atom is -0.571 e. The SMILES string of the molecule is COc1cc(C2=C(OC3OC(CO)C(O)C(OC4OC(CO)C(O)C(O)C4O)C3O)C=C3C(O)=CC(O)=CC3[OH+]2)cc(OC)c1O. The maximum atomic E-state index is 11.3. The second-order valence-electron chi connectivity index (χ2n) is 10.9. The summed E-state index contributed by atoms with van der Waals surface area (Å²) in [6.07, 6.45) is -14.0. The van der Waals surface area contributed by atoms with Gasteiger partial charge in [0.1, 0.15) is 60.4 Å². The van der Waals surface area contributed by atoms with Gasteiger partial charge in [-0.15, -0.1) is 0 Å². The van der Waals surface area contributed by atoms with Crippen molar-refractivity contribution in [1.82, 2.24) is 0 Å². The summed E-state index contributed by atoms with van der Waals surface area (Å²) in [5.74, 6) is -0.974. The number of phenolic OH excluding ortho intramolecular Hbond substituents is 1. The first-order valence-electron chi connectivity index (χ1n) is 14.1. The van der Waals surface area contributed by atoms with Crippen molar-refractivity contribution in [3.8, 4) is 17.2 Å². The molecule has 3 aliphatic heterocycles. The first kappa shape index (κ1) is 33.7. The molecule has 17 nitrogen and oxygen atoms in total. The number of aromatic hydroxyl groups is 1. The molecule has 17 heteroatoms. The molecule has 4 aliphatic rings. The molecule has 11 atom stereocenters. The molecule has 1 aromatic carbocycles. The zero-order chi connectivity index (χ0) is 33.4. The van der Waals surface area contributed by atoms with Crippen molar-refractivity contribution >= 4 is 5.76 Å². The molecule has 0 amide bonds. The number of hydrogen-bond donors (Lipinski definition) is 10. The van der Waals surface area contributed by atoms with Crippen LogP contribution in [0.25, 0.3) is 5.76 Å². The summed E-state index contributed by atoms with van der Waals surface area (Å²) >= 11 is 0. The van der Waals surface area contributed by atoms with Crippen LogP contribution < -0.4 is 9.47 Å². The zero-order valence-corrected chi connectivity index (χ0v) is 24.5. The number of aliphatic hydroxyl groups excluding tert-OH is 9. The van der Waals surface area contributed by atoms with Crippen LogP contribution in [0.5, 0.6) is 17.2 Å². The maximum absolute atomic E-state index is 11.3. The Kier molecular flexibility index (Phi) is 9.99. The summed E-state index contributed by atoms with van der Waals surface area (Å²) in [5.41, 5.74) is 0.448. The van der Waals surface area contributed by atoms with Gasteiger partial charge in [-0.3, -0.25) is 0 Å². The lowest BCUT2D eigenvalue weighted by Gasteiger charge is -2.45. The number of hydrogen-bond acceptors (Lipinski definition) is 16. The Bertz CT molecular complexity index is 1380. The summed E-state index contributed by atoms with van der Waals surface area (Å²) in [5, 5.41) is 104. The van der Waals surface area contributed by atoms with E-state index in [0.717, 1.165) is 6.08 Å². The summed E-state index contributed by atoms with van der Waals surface area (Å²) in [4.78, 5) is 0. The minimum absolute atomic E-state index is 0.00126. The third kappa shape index (κ3) is 6.21. The fourth-order valence-electron chi connectivity index (χ4n) is 5.46. The molecule has 0 spiro atoms. The second-order valence-corrected chi connectivity index (χ2v) is 10.9. The number of fused-ring (bicyclic) bond motifs is 1. The average Bonchev–Trinajstić information content (AvgIpc) is 3.04. The van der Waals surface area contributed by atoms with Crippen LogP contribution >= 0.6 is 0 Å². The fourth-order valence-corrected chi connectivity index (χ4v) is 5.46. The smallest absolute Gasteiger partial charge is 0.305 e. The van der Waals surface area contributed by atoms with Crippen molar-refractivity contribution in [2.45, 2.75) is 67.5 Å². The van der Waals surface area contributed by atoms with E-state index < -0.39 is 80.7 Å². The standard InChI is InChI=1S/C29H36O17/c1-40-15-3-10(4-16(41-2)20(15)34)26-17(7-12-13(33)5-11(32)6-14(12)42-26)43-29-25(39)27(22(36)19(9-31)45-29)46-28-24(38)23(37)21(35)18(8-30)44-28/h3-7,14,18-19,21-25,27-39H,8-9H2,1-2H3/p+1. The molecule has 3 heterocycles. The van der Waals surface area contributed by atoms with Gasteiger partial charge in [-0.25, -0.2) is 0 Å². The molecule has 0 bridgehead atoms. The molecule has 0 radical (unpaired) electrons. The number of aliphatic hydroxyl groups is 11. The Balaban J connectivity index is 1.52. The number of ether oxygens (including phenoxy) is 7. The van der Waals surface area contributed by atoms with E-state index in [4.69, 9.17) is 28.4 Å². The lowest BCUT2D eigenvalue weighted by atomic mass is 9.96. The van der Waals surface area contributed by atoms with E-state index in [-0.39, 0.29) is 51.4 Å². The van der Waals surface area contributed by atoms with Crippen LogP contribution in [0.3, 0.4) is 0 Å². The number of phenols is 1. The summed E-state index contributed by atoms with van der Waals surface area (Å²) in [7, 11) is 2.62. The molecule has 254 valence electrons. The van der Waals surface area contributed by atoms with Crippen LogP contribution in [0.1, 0.15) is 5.56 Å². The first-order chi connectivity index (χ1) is 21.9. The van der Waals surface area contributed by atoms with E-state index in [9.17, 15) is 51.1 Å². The van der Waals surface area contributed by atoms with Gasteiger partial charge in [0.15, 0.2) is 17.8 Å². The molecule has 11 N–H and O–H groups in total. The molecule has 1 aliphatic carbocycles. The lowest BCUT2D eigenvalue weighted by molar-refractivity contribution is -0.356. The molecule has 2 fully saturated rings. The maximum Gasteiger partial charge on any atom is 0.305 e. The van der Waals surface area contributed by atoms with Crippen LogP contribution in [0.2, 0.25) is 0 Å². The Hall–Kier alpha value is -3.62. The molecule has 2 saturated heterocycles.